The fraction of sp³-hybridized carbons (Fsp3) is 0.341. The van der Waals surface area contributed by atoms with Gasteiger partial charge in [-0.1, -0.05) is 86.5 Å². The maximum Gasteiger partial charge on any atom is 0.423 e. The van der Waals surface area contributed by atoms with Crippen LogP contribution in [0.1, 0.15) is 58.8 Å². The van der Waals surface area contributed by atoms with Gasteiger partial charge in [0.1, 0.15) is 47.0 Å². The molecule has 0 aromatic heterocycles. The smallest absolute Gasteiger partial charge is 0.423 e. The number of ether oxygens (including phenoxy) is 4. The number of aliphatic hydroxyl groups is 1. The third-order valence-corrected chi connectivity index (χ3v) is 12.2. The van der Waals surface area contributed by atoms with E-state index in [9.17, 15) is 14.8 Å². The number of fused-ring (bicyclic) bond motifs is 2. The minimum absolute atomic E-state index is 0.164. The van der Waals surface area contributed by atoms with E-state index >= 15 is 0 Å². The zero-order valence-electron chi connectivity index (χ0n) is 33.6. The number of carbonyl (C=O) groups excluding carboxylic acids is 1. The number of nitrogens with two attached hydrogens (primary N) is 2. The van der Waals surface area contributed by atoms with Crippen LogP contribution < -0.4 is 20.7 Å². The van der Waals surface area contributed by atoms with Crippen LogP contribution in [-0.2, 0) is 19.4 Å². The van der Waals surface area contributed by atoms with Gasteiger partial charge in [-0.25, -0.2) is 14.8 Å². The molecule has 1 saturated heterocycles. The molecule has 1 fully saturated rings. The summed E-state index contributed by atoms with van der Waals surface area (Å²) in [6.45, 7) is 2.18. The normalized spacial score (nSPS) is 25.0. The first-order valence-corrected chi connectivity index (χ1v) is 21.1. The first-order chi connectivity index (χ1) is 29.2. The van der Waals surface area contributed by atoms with Crippen LogP contribution in [0.15, 0.2) is 118 Å². The number of aliphatic imine (C=N–C) groups is 3. The number of amides is 1. The molecule has 8 rings (SSSR count). The number of amidine groups is 1. The fourth-order valence-corrected chi connectivity index (χ4v) is 9.35. The number of aliphatic hydroxyl groups excluding tert-OH is 1. The highest BCUT2D eigenvalue weighted by Crippen LogP contribution is 2.55. The van der Waals surface area contributed by atoms with Gasteiger partial charge in [-0.05, 0) is 59.5 Å². The van der Waals surface area contributed by atoms with Crippen LogP contribution in [0, 0.1) is 0 Å². The molecule has 0 aliphatic carbocycles. The Morgan fingerprint density at radius 3 is 2.13 bits per heavy atom. The molecule has 4 aliphatic heterocycles. The maximum atomic E-state index is 14.6. The summed E-state index contributed by atoms with van der Waals surface area (Å²) in [4.78, 5) is 41.5. The molecule has 1 amide bonds. The van der Waals surface area contributed by atoms with E-state index < -0.39 is 50.1 Å². The Kier molecular flexibility index (Phi) is 11.8. The van der Waals surface area contributed by atoms with Crippen molar-refractivity contribution in [3.05, 3.63) is 131 Å². The van der Waals surface area contributed by atoms with Crippen LogP contribution in [0.3, 0.4) is 0 Å². The quantitative estimate of drug-likeness (QED) is 0.0576. The van der Waals surface area contributed by atoms with Crippen molar-refractivity contribution in [1.82, 2.24) is 4.90 Å². The Morgan fingerprint density at radius 2 is 1.52 bits per heavy atom. The van der Waals surface area contributed by atoms with Crippen LogP contribution in [0.2, 0.25) is 0 Å². The van der Waals surface area contributed by atoms with Crippen molar-refractivity contribution in [2.75, 3.05) is 27.4 Å². The van der Waals surface area contributed by atoms with E-state index in [1.54, 1.807) is 37.6 Å². The van der Waals surface area contributed by atoms with Gasteiger partial charge in [-0.15, -0.1) is 4.58 Å². The number of unbranched alkanes of at least 4 members (excludes halogenated alkanes) is 2. The molecule has 60 heavy (non-hydrogen) atoms. The molecule has 4 aliphatic rings. The molecule has 6 N–H and O–H groups in total. The molecular weight excluding hydrogens is 785 g/mol. The van der Waals surface area contributed by atoms with Crippen molar-refractivity contribution in [2.45, 2.75) is 67.8 Å². The van der Waals surface area contributed by atoms with Crippen LogP contribution >= 0.6 is 8.53 Å². The molecule has 0 radical (unpaired) electrons. The first-order valence-electron chi connectivity index (χ1n) is 19.9. The minimum atomic E-state index is -2.29. The molecule has 312 valence electrons. The number of nitrogens with zero attached hydrogens (tertiary/aromatic N) is 5. The van der Waals surface area contributed by atoms with Gasteiger partial charge in [0.15, 0.2) is 17.9 Å². The topological polar surface area (TPSA) is 199 Å². The summed E-state index contributed by atoms with van der Waals surface area (Å²) in [6.07, 6.45) is 1.18. The highest BCUT2D eigenvalue weighted by atomic mass is 31.2. The van der Waals surface area contributed by atoms with Crippen LogP contribution in [0.4, 0.5) is 0 Å². The van der Waals surface area contributed by atoms with Crippen molar-refractivity contribution < 1.29 is 42.8 Å². The molecular formula is C44H49N7O8P+. The van der Waals surface area contributed by atoms with Crippen LogP contribution in [0.25, 0.3) is 0 Å². The highest BCUT2D eigenvalue weighted by molar-refractivity contribution is 7.43. The van der Waals surface area contributed by atoms with Crippen LogP contribution in [-0.4, -0.2) is 113 Å². The van der Waals surface area contributed by atoms with E-state index in [0.717, 1.165) is 36.0 Å². The number of rotatable bonds is 15. The molecule has 4 aromatic carbocycles. The zero-order valence-corrected chi connectivity index (χ0v) is 34.5. The molecule has 4 heterocycles. The third kappa shape index (κ3) is 6.75. The second kappa shape index (κ2) is 17.2. The summed E-state index contributed by atoms with van der Waals surface area (Å²) in [7, 11) is 0.928. The average molecular weight is 835 g/mol. The molecule has 0 saturated carbocycles. The molecule has 16 heteroatoms. The second-order valence-electron chi connectivity index (χ2n) is 14.9. The zero-order chi connectivity index (χ0) is 42.0. The number of hydrogen-bond donors (Lipinski definition) is 4. The monoisotopic (exact) mass is 834 g/mol. The Morgan fingerprint density at radius 1 is 0.900 bits per heavy atom. The van der Waals surface area contributed by atoms with Crippen molar-refractivity contribution in [3.8, 4) is 11.5 Å². The summed E-state index contributed by atoms with van der Waals surface area (Å²) in [5.74, 6) is 1.40. The Hall–Kier alpha value is -5.54. The van der Waals surface area contributed by atoms with Gasteiger partial charge < -0.3 is 44.1 Å². The predicted molar refractivity (Wildman–Crippen MR) is 228 cm³/mol. The lowest BCUT2D eigenvalue weighted by Crippen LogP contribution is -2.68. The van der Waals surface area contributed by atoms with Gasteiger partial charge >= 0.3 is 11.8 Å². The lowest BCUT2D eigenvalue weighted by Gasteiger charge is -2.51. The SMILES string of the molecule is CCCCCOC1=[N+]([C@@H]2[C@H](O)[C@@H](COP(N)O)O[C@H]2N2C=NC3(C(c4ccccc4)(c4ccc(OC)cc4)c4ccc(OC)cc4)C(N)=NC=NC23)C(=O)c2ccccc21. The van der Waals surface area contributed by atoms with Gasteiger partial charge in [-0.2, -0.15) is 0 Å². The summed E-state index contributed by atoms with van der Waals surface area (Å²) in [6, 6.07) is 31.5. The lowest BCUT2D eigenvalue weighted by molar-refractivity contribution is -0.498. The summed E-state index contributed by atoms with van der Waals surface area (Å²) < 4.78 is 31.4. The van der Waals surface area contributed by atoms with E-state index in [4.69, 9.17) is 44.7 Å². The van der Waals surface area contributed by atoms with Crippen molar-refractivity contribution in [1.29, 1.82) is 0 Å². The fourth-order valence-electron chi connectivity index (χ4n) is 9.05. The largest absolute Gasteiger partial charge is 0.497 e. The average Bonchev–Trinajstić information content (AvgIpc) is 3.92. The third-order valence-electron chi connectivity index (χ3n) is 11.8. The highest BCUT2D eigenvalue weighted by Gasteiger charge is 2.69. The summed E-state index contributed by atoms with van der Waals surface area (Å²) in [5.41, 5.74) is 13.6. The molecule has 3 unspecified atom stereocenters. The standard InChI is InChI=1S/C44H49N7O8P/c1-4-5-11-24-57-39-34-15-10-9-14-33(34)38(53)51(39)36-37(52)35(25-58-60(46)54)59-40(36)50-27-49-44(41(45)47-26-48-42(44)50)43(28-12-7-6-8-13-28,29-16-20-31(55-2)21-17-29)30-18-22-32(56-3)23-19-30/h6-10,12-23,26-27,35-37,40,42,52,54H,4-5,11,24-25,46H2,1-3H3,(H2,45,47,48)/q+1/t35-,36-,37-,40-,42?,44?,60?/m1/s1. The summed E-state index contributed by atoms with van der Waals surface area (Å²) >= 11 is 0. The number of benzene rings is 4. The molecule has 0 bridgehead atoms. The van der Waals surface area contributed by atoms with Gasteiger partial charge in [0.2, 0.25) is 14.6 Å². The van der Waals surface area contributed by atoms with Gasteiger partial charge in [0.05, 0.1) is 39.2 Å². The number of methoxy groups -OCH3 is 2. The van der Waals surface area contributed by atoms with Crippen molar-refractivity contribution in [3.63, 3.8) is 0 Å². The van der Waals surface area contributed by atoms with E-state index in [-0.39, 0.29) is 18.3 Å². The van der Waals surface area contributed by atoms with E-state index in [1.165, 1.54) is 10.9 Å². The molecule has 4 aromatic rings. The summed E-state index contributed by atoms with van der Waals surface area (Å²) in [5, 5.41) is 12.3. The Balaban J connectivity index is 1.33. The van der Waals surface area contributed by atoms with E-state index in [0.29, 0.717) is 35.1 Å². The Bertz CT molecular complexity index is 2260. The van der Waals surface area contributed by atoms with Gasteiger partial charge in [-0.3, -0.25) is 10.5 Å². The van der Waals surface area contributed by atoms with Crippen molar-refractivity contribution in [2.24, 2.45) is 26.2 Å². The molecule has 0 spiro atoms. The van der Waals surface area contributed by atoms with Crippen LogP contribution in [0.5, 0.6) is 11.5 Å². The number of hydrogen-bond acceptors (Lipinski definition) is 14. The second-order valence-corrected chi connectivity index (χ2v) is 15.8. The van der Waals surface area contributed by atoms with E-state index in [2.05, 4.69) is 11.9 Å². The Labute approximate surface area is 349 Å². The van der Waals surface area contributed by atoms with Crippen molar-refractivity contribution >= 4 is 38.8 Å². The minimum Gasteiger partial charge on any atom is -0.497 e. The maximum absolute atomic E-state index is 14.6. The molecule has 7 atom stereocenters. The number of carbonyl (C=O) groups is 1. The van der Waals surface area contributed by atoms with E-state index in [1.807, 2.05) is 91.0 Å². The van der Waals surface area contributed by atoms with Gasteiger partial charge in [0.25, 0.3) is 0 Å². The molecule has 15 nitrogen and oxygen atoms in total. The first kappa shape index (κ1) is 41.2. The lowest BCUT2D eigenvalue weighted by atomic mass is 9.56. The van der Waals surface area contributed by atoms with Gasteiger partial charge in [0, 0.05) is 0 Å². The predicted octanol–water partition coefficient (Wildman–Crippen LogP) is 4.31.